The SMILES string of the molecule is CCOC(=O)c1cn(-c2ccc(C(C)(C)C)cc2)c2cc(-c3ccncc3)ccc2c1=O. The van der Waals surface area contributed by atoms with Gasteiger partial charge in [-0.05, 0) is 65.4 Å². The van der Waals surface area contributed by atoms with E-state index in [4.69, 9.17) is 4.74 Å². The Hall–Kier alpha value is -3.73. The zero-order valence-electron chi connectivity index (χ0n) is 18.8. The summed E-state index contributed by atoms with van der Waals surface area (Å²) in [4.78, 5) is 29.7. The van der Waals surface area contributed by atoms with E-state index in [1.807, 2.05) is 41.0 Å². The predicted octanol–water partition coefficient (Wildman–Crippen LogP) is 5.53. The summed E-state index contributed by atoms with van der Waals surface area (Å²) in [6.45, 7) is 8.42. The number of esters is 1. The Morgan fingerprint density at radius 2 is 1.66 bits per heavy atom. The number of carbonyl (C=O) groups is 1. The Balaban J connectivity index is 1.98. The number of pyridine rings is 2. The second kappa shape index (κ2) is 8.42. The second-order valence-electron chi connectivity index (χ2n) is 8.73. The van der Waals surface area contributed by atoms with E-state index >= 15 is 0 Å². The Labute approximate surface area is 187 Å². The first kappa shape index (κ1) is 21.5. The van der Waals surface area contributed by atoms with Crippen LogP contribution < -0.4 is 5.43 Å². The van der Waals surface area contributed by atoms with Crippen LogP contribution in [0.15, 0.2) is 78.0 Å². The lowest BCUT2D eigenvalue weighted by Crippen LogP contribution is -2.20. The number of aromatic nitrogens is 2. The predicted molar refractivity (Wildman–Crippen MR) is 127 cm³/mol. The molecule has 162 valence electrons. The lowest BCUT2D eigenvalue weighted by Gasteiger charge is -2.20. The number of carbonyl (C=O) groups excluding carboxylic acids is 1. The van der Waals surface area contributed by atoms with Crippen LogP contribution in [0.5, 0.6) is 0 Å². The molecule has 2 aromatic heterocycles. The van der Waals surface area contributed by atoms with E-state index < -0.39 is 5.97 Å². The lowest BCUT2D eigenvalue weighted by atomic mass is 9.87. The minimum absolute atomic E-state index is 0.0226. The van der Waals surface area contributed by atoms with Crippen molar-refractivity contribution >= 4 is 16.9 Å². The molecule has 0 spiro atoms. The van der Waals surface area contributed by atoms with Crippen molar-refractivity contribution in [1.29, 1.82) is 0 Å². The van der Waals surface area contributed by atoms with Crippen molar-refractivity contribution in [2.45, 2.75) is 33.1 Å². The molecule has 5 nitrogen and oxygen atoms in total. The number of fused-ring (bicyclic) bond motifs is 1. The van der Waals surface area contributed by atoms with E-state index in [0.29, 0.717) is 5.39 Å². The molecular weight excluding hydrogens is 400 g/mol. The van der Waals surface area contributed by atoms with Crippen molar-refractivity contribution < 1.29 is 9.53 Å². The summed E-state index contributed by atoms with van der Waals surface area (Å²) in [6.07, 6.45) is 5.06. The zero-order chi connectivity index (χ0) is 22.9. The largest absolute Gasteiger partial charge is 0.462 e. The molecule has 5 heteroatoms. The minimum Gasteiger partial charge on any atom is -0.462 e. The van der Waals surface area contributed by atoms with Crippen LogP contribution in [0.25, 0.3) is 27.7 Å². The van der Waals surface area contributed by atoms with Crippen LogP contribution in [-0.2, 0) is 10.2 Å². The molecule has 0 bridgehead atoms. The van der Waals surface area contributed by atoms with Gasteiger partial charge in [0.25, 0.3) is 0 Å². The molecule has 0 aliphatic heterocycles. The minimum atomic E-state index is -0.613. The maximum absolute atomic E-state index is 13.1. The molecule has 0 radical (unpaired) electrons. The van der Waals surface area contributed by atoms with E-state index in [0.717, 1.165) is 22.3 Å². The summed E-state index contributed by atoms with van der Waals surface area (Å²) in [6, 6.07) is 17.7. The Kier molecular flexibility index (Phi) is 5.66. The molecule has 0 atom stereocenters. The number of ether oxygens (including phenoxy) is 1. The van der Waals surface area contributed by atoms with Gasteiger partial charge in [-0.1, -0.05) is 39.0 Å². The van der Waals surface area contributed by atoms with Crippen LogP contribution >= 0.6 is 0 Å². The maximum Gasteiger partial charge on any atom is 0.343 e. The Bertz CT molecular complexity index is 1330. The molecule has 2 aromatic carbocycles. The summed E-state index contributed by atoms with van der Waals surface area (Å²) in [5.41, 5.74) is 4.46. The van der Waals surface area contributed by atoms with Gasteiger partial charge in [0, 0.05) is 29.7 Å². The third-order valence-electron chi connectivity index (χ3n) is 5.53. The van der Waals surface area contributed by atoms with Gasteiger partial charge < -0.3 is 9.30 Å². The average Bonchev–Trinajstić information content (AvgIpc) is 2.79. The Morgan fingerprint density at radius 3 is 2.28 bits per heavy atom. The standard InChI is InChI=1S/C27H26N2O3/c1-5-32-26(31)23-17-29(21-9-7-20(8-10-21)27(2,3)4)24-16-19(6-11-22(24)25(23)30)18-12-14-28-15-13-18/h6-17H,5H2,1-4H3. The first-order valence-corrected chi connectivity index (χ1v) is 10.7. The molecule has 0 aliphatic carbocycles. The van der Waals surface area contributed by atoms with Crippen molar-refractivity contribution in [3.05, 3.63) is 94.5 Å². The molecular formula is C27H26N2O3. The zero-order valence-corrected chi connectivity index (χ0v) is 18.8. The van der Waals surface area contributed by atoms with Crippen LogP contribution in [-0.4, -0.2) is 22.1 Å². The highest BCUT2D eigenvalue weighted by Gasteiger charge is 2.19. The van der Waals surface area contributed by atoms with Crippen molar-refractivity contribution in [2.75, 3.05) is 6.61 Å². The van der Waals surface area contributed by atoms with Crippen LogP contribution in [0, 0.1) is 0 Å². The van der Waals surface area contributed by atoms with Gasteiger partial charge in [0.1, 0.15) is 5.56 Å². The third kappa shape index (κ3) is 4.06. The monoisotopic (exact) mass is 426 g/mol. The molecule has 0 N–H and O–H groups in total. The number of benzene rings is 2. The quantitative estimate of drug-likeness (QED) is 0.403. The van der Waals surface area contributed by atoms with Gasteiger partial charge in [-0.2, -0.15) is 0 Å². The molecule has 4 rings (SSSR count). The fraction of sp³-hybridized carbons (Fsp3) is 0.222. The van der Waals surface area contributed by atoms with Gasteiger partial charge in [-0.3, -0.25) is 9.78 Å². The smallest absolute Gasteiger partial charge is 0.343 e. The van der Waals surface area contributed by atoms with Gasteiger partial charge in [-0.25, -0.2) is 4.79 Å². The van der Waals surface area contributed by atoms with Crippen LogP contribution in [0.1, 0.15) is 43.6 Å². The van der Waals surface area contributed by atoms with Gasteiger partial charge in [0.2, 0.25) is 5.43 Å². The van der Waals surface area contributed by atoms with Gasteiger partial charge in [0.05, 0.1) is 12.1 Å². The fourth-order valence-corrected chi connectivity index (χ4v) is 3.74. The molecule has 2 heterocycles. The number of hydrogen-bond acceptors (Lipinski definition) is 4. The molecule has 0 amide bonds. The van der Waals surface area contributed by atoms with Crippen LogP contribution in [0.4, 0.5) is 0 Å². The van der Waals surface area contributed by atoms with Crippen molar-refractivity contribution in [3.8, 4) is 16.8 Å². The second-order valence-corrected chi connectivity index (χ2v) is 8.73. The van der Waals surface area contributed by atoms with Gasteiger partial charge in [-0.15, -0.1) is 0 Å². The van der Waals surface area contributed by atoms with E-state index in [1.165, 1.54) is 5.56 Å². The first-order valence-electron chi connectivity index (χ1n) is 10.7. The fourth-order valence-electron chi connectivity index (χ4n) is 3.74. The molecule has 0 unspecified atom stereocenters. The topological polar surface area (TPSA) is 61.2 Å². The molecule has 32 heavy (non-hydrogen) atoms. The van der Waals surface area contributed by atoms with Crippen molar-refractivity contribution in [3.63, 3.8) is 0 Å². The molecule has 0 saturated carbocycles. The first-order chi connectivity index (χ1) is 15.3. The van der Waals surface area contributed by atoms with E-state index in [1.54, 1.807) is 31.6 Å². The summed E-state index contributed by atoms with van der Waals surface area (Å²) >= 11 is 0. The lowest BCUT2D eigenvalue weighted by molar-refractivity contribution is 0.0524. The van der Waals surface area contributed by atoms with E-state index in [2.05, 4.69) is 37.9 Å². The Morgan fingerprint density at radius 1 is 0.969 bits per heavy atom. The molecule has 0 saturated heterocycles. The van der Waals surface area contributed by atoms with Gasteiger partial charge in [0.15, 0.2) is 0 Å². The highest BCUT2D eigenvalue weighted by molar-refractivity contribution is 5.95. The summed E-state index contributed by atoms with van der Waals surface area (Å²) < 4.78 is 7.04. The third-order valence-corrected chi connectivity index (χ3v) is 5.53. The highest BCUT2D eigenvalue weighted by Crippen LogP contribution is 2.27. The highest BCUT2D eigenvalue weighted by atomic mass is 16.5. The summed E-state index contributed by atoms with van der Waals surface area (Å²) in [7, 11) is 0. The van der Waals surface area contributed by atoms with E-state index in [-0.39, 0.29) is 23.0 Å². The van der Waals surface area contributed by atoms with Crippen LogP contribution in [0.2, 0.25) is 0 Å². The average molecular weight is 427 g/mol. The summed E-state index contributed by atoms with van der Waals surface area (Å²) in [5.74, 6) is -0.613. The van der Waals surface area contributed by atoms with E-state index in [9.17, 15) is 9.59 Å². The normalized spacial score (nSPS) is 11.5. The van der Waals surface area contributed by atoms with Crippen molar-refractivity contribution in [1.82, 2.24) is 9.55 Å². The molecule has 0 aliphatic rings. The molecule has 0 fully saturated rings. The van der Waals surface area contributed by atoms with Gasteiger partial charge >= 0.3 is 5.97 Å². The number of nitrogens with zero attached hydrogens (tertiary/aromatic N) is 2. The van der Waals surface area contributed by atoms with Crippen molar-refractivity contribution in [2.24, 2.45) is 0 Å². The summed E-state index contributed by atoms with van der Waals surface area (Å²) in [5, 5.41) is 0.466. The number of hydrogen-bond donors (Lipinski definition) is 0. The maximum atomic E-state index is 13.1. The number of rotatable bonds is 4. The van der Waals surface area contributed by atoms with Crippen LogP contribution in [0.3, 0.4) is 0 Å². The molecule has 4 aromatic rings.